The van der Waals surface area contributed by atoms with E-state index < -0.39 is 0 Å². The first-order valence-corrected chi connectivity index (χ1v) is 9.23. The van der Waals surface area contributed by atoms with Crippen LogP contribution < -0.4 is 5.32 Å². The Morgan fingerprint density at radius 1 is 1.15 bits per heavy atom. The molecular weight excluding hydrogens is 342 g/mol. The van der Waals surface area contributed by atoms with Crippen molar-refractivity contribution in [1.82, 2.24) is 9.88 Å². The van der Waals surface area contributed by atoms with Gasteiger partial charge in [-0.15, -0.1) is 0 Å². The number of hydrogen-bond donors (Lipinski definition) is 2. The first-order valence-electron chi connectivity index (χ1n) is 9.23. The number of nitrogens with zero attached hydrogens (tertiary/aromatic N) is 1. The van der Waals surface area contributed by atoms with Gasteiger partial charge in [-0.3, -0.25) is 14.4 Å². The van der Waals surface area contributed by atoms with Gasteiger partial charge in [0.1, 0.15) is 5.69 Å². The van der Waals surface area contributed by atoms with Crippen molar-refractivity contribution in [3.8, 4) is 0 Å². The summed E-state index contributed by atoms with van der Waals surface area (Å²) in [5.41, 5.74) is 3.17. The molecule has 0 spiro atoms. The molecule has 2 aromatic rings. The third-order valence-corrected chi connectivity index (χ3v) is 5.12. The van der Waals surface area contributed by atoms with Gasteiger partial charge in [0, 0.05) is 30.0 Å². The summed E-state index contributed by atoms with van der Waals surface area (Å²) in [5.74, 6) is -0.520. The molecule has 142 valence electrons. The van der Waals surface area contributed by atoms with Crippen molar-refractivity contribution in [1.29, 1.82) is 0 Å². The number of rotatable bonds is 4. The molecule has 6 nitrogen and oxygen atoms in total. The predicted molar refractivity (Wildman–Crippen MR) is 104 cm³/mol. The minimum atomic E-state index is -0.244. The summed E-state index contributed by atoms with van der Waals surface area (Å²) < 4.78 is 0. The van der Waals surface area contributed by atoms with E-state index in [1.165, 1.54) is 6.92 Å². The van der Waals surface area contributed by atoms with Crippen LogP contribution >= 0.6 is 0 Å². The second kappa shape index (κ2) is 7.78. The number of anilines is 1. The van der Waals surface area contributed by atoms with Crippen LogP contribution in [0.15, 0.2) is 30.3 Å². The maximum absolute atomic E-state index is 13.0. The molecule has 1 unspecified atom stereocenters. The highest BCUT2D eigenvalue weighted by atomic mass is 16.2. The third kappa shape index (κ3) is 3.94. The van der Waals surface area contributed by atoms with Gasteiger partial charge in [-0.05, 0) is 51.3 Å². The van der Waals surface area contributed by atoms with Crippen LogP contribution in [-0.4, -0.2) is 40.6 Å². The Bertz CT molecular complexity index is 870. The standard InChI is InChI=1S/C21H25N3O3/c1-13-18(15(3)25)14(2)22-19(13)21(27)24-11-7-8-16(12-24)20(26)23-17-9-5-4-6-10-17/h4-6,9-10,16,22H,7-8,11-12H2,1-3H3,(H,23,26). The zero-order valence-electron chi connectivity index (χ0n) is 16.0. The number of aromatic nitrogens is 1. The summed E-state index contributed by atoms with van der Waals surface area (Å²) in [4.78, 5) is 42.2. The normalized spacial score (nSPS) is 16.9. The summed E-state index contributed by atoms with van der Waals surface area (Å²) in [5, 5.41) is 2.92. The van der Waals surface area contributed by atoms with Gasteiger partial charge in [0.2, 0.25) is 5.91 Å². The number of ketones is 1. The lowest BCUT2D eigenvalue weighted by atomic mass is 9.96. The molecule has 1 aliphatic rings. The fourth-order valence-corrected chi connectivity index (χ4v) is 3.79. The monoisotopic (exact) mass is 367 g/mol. The Morgan fingerprint density at radius 3 is 2.48 bits per heavy atom. The number of hydrogen-bond acceptors (Lipinski definition) is 3. The van der Waals surface area contributed by atoms with Crippen molar-refractivity contribution in [2.24, 2.45) is 5.92 Å². The van der Waals surface area contributed by atoms with Crippen molar-refractivity contribution < 1.29 is 14.4 Å². The fourth-order valence-electron chi connectivity index (χ4n) is 3.79. The Hall–Kier alpha value is -2.89. The Balaban J connectivity index is 1.72. The quantitative estimate of drug-likeness (QED) is 0.813. The van der Waals surface area contributed by atoms with Crippen LogP contribution in [-0.2, 0) is 4.79 Å². The number of nitrogens with one attached hydrogen (secondary N) is 2. The minimum Gasteiger partial charge on any atom is -0.354 e. The van der Waals surface area contributed by atoms with Crippen molar-refractivity contribution in [2.45, 2.75) is 33.6 Å². The molecule has 3 rings (SSSR count). The van der Waals surface area contributed by atoms with Gasteiger partial charge >= 0.3 is 0 Å². The molecule has 2 N–H and O–H groups in total. The van der Waals surface area contributed by atoms with Crippen LogP contribution in [0.2, 0.25) is 0 Å². The zero-order valence-corrected chi connectivity index (χ0v) is 16.0. The molecule has 1 atom stereocenters. The van der Waals surface area contributed by atoms with Crippen molar-refractivity contribution in [2.75, 3.05) is 18.4 Å². The lowest BCUT2D eigenvalue weighted by Crippen LogP contribution is -2.44. The van der Waals surface area contributed by atoms with Crippen molar-refractivity contribution in [3.63, 3.8) is 0 Å². The zero-order chi connectivity index (χ0) is 19.6. The largest absolute Gasteiger partial charge is 0.354 e. The first kappa shape index (κ1) is 18.9. The fraction of sp³-hybridized carbons (Fsp3) is 0.381. The number of piperidine rings is 1. The minimum absolute atomic E-state index is 0.0564. The maximum atomic E-state index is 13.0. The molecule has 1 saturated heterocycles. The van der Waals surface area contributed by atoms with Gasteiger partial charge < -0.3 is 15.2 Å². The van der Waals surface area contributed by atoms with Crippen LogP contribution in [0.1, 0.15) is 51.9 Å². The van der Waals surface area contributed by atoms with Gasteiger partial charge in [0.05, 0.1) is 5.92 Å². The molecule has 1 aromatic heterocycles. The Morgan fingerprint density at radius 2 is 1.85 bits per heavy atom. The number of aromatic amines is 1. The highest BCUT2D eigenvalue weighted by Gasteiger charge is 2.31. The highest BCUT2D eigenvalue weighted by molar-refractivity contribution is 6.02. The molecule has 1 fully saturated rings. The number of carbonyl (C=O) groups is 3. The Kier molecular flexibility index (Phi) is 5.44. The van der Waals surface area contributed by atoms with E-state index in [2.05, 4.69) is 10.3 Å². The third-order valence-electron chi connectivity index (χ3n) is 5.12. The smallest absolute Gasteiger partial charge is 0.270 e. The van der Waals surface area contributed by atoms with Gasteiger partial charge in [0.25, 0.3) is 5.91 Å². The molecular formula is C21H25N3O3. The van der Waals surface area contributed by atoms with Crippen LogP contribution in [0.5, 0.6) is 0 Å². The second-order valence-corrected chi connectivity index (χ2v) is 7.13. The molecule has 0 saturated carbocycles. The summed E-state index contributed by atoms with van der Waals surface area (Å²) in [7, 11) is 0. The molecule has 1 aliphatic heterocycles. The molecule has 6 heteroatoms. The number of carbonyl (C=O) groups excluding carboxylic acids is 3. The van der Waals surface area contributed by atoms with Crippen LogP contribution in [0.4, 0.5) is 5.69 Å². The second-order valence-electron chi connectivity index (χ2n) is 7.13. The number of amides is 2. The number of likely N-dealkylation sites (tertiary alicyclic amines) is 1. The van der Waals surface area contributed by atoms with Crippen molar-refractivity contribution in [3.05, 3.63) is 52.8 Å². The van der Waals surface area contributed by atoms with E-state index in [-0.39, 0.29) is 23.5 Å². The number of para-hydroxylation sites is 1. The summed E-state index contributed by atoms with van der Waals surface area (Å²) in [6.45, 7) is 6.08. The van der Waals surface area contributed by atoms with E-state index in [0.29, 0.717) is 35.6 Å². The summed E-state index contributed by atoms with van der Waals surface area (Å²) in [6, 6.07) is 9.33. The Labute approximate surface area is 159 Å². The number of benzene rings is 1. The predicted octanol–water partition coefficient (Wildman–Crippen LogP) is 3.33. The number of aryl methyl sites for hydroxylation is 1. The molecule has 1 aromatic carbocycles. The SMILES string of the molecule is CC(=O)c1c(C)[nH]c(C(=O)N2CCCC(C(=O)Nc3ccccc3)C2)c1C. The van der Waals surface area contributed by atoms with E-state index in [0.717, 1.165) is 18.5 Å². The van der Waals surface area contributed by atoms with Crippen LogP contribution in [0.3, 0.4) is 0 Å². The lowest BCUT2D eigenvalue weighted by molar-refractivity contribution is -0.121. The average molecular weight is 367 g/mol. The highest BCUT2D eigenvalue weighted by Crippen LogP contribution is 2.24. The molecule has 0 radical (unpaired) electrons. The van der Waals surface area contributed by atoms with E-state index in [1.54, 1.807) is 18.7 Å². The van der Waals surface area contributed by atoms with Crippen LogP contribution in [0.25, 0.3) is 0 Å². The summed E-state index contributed by atoms with van der Waals surface area (Å²) >= 11 is 0. The maximum Gasteiger partial charge on any atom is 0.270 e. The summed E-state index contributed by atoms with van der Waals surface area (Å²) in [6.07, 6.45) is 1.53. The van der Waals surface area contributed by atoms with Gasteiger partial charge in [-0.1, -0.05) is 18.2 Å². The van der Waals surface area contributed by atoms with Gasteiger partial charge in [-0.25, -0.2) is 0 Å². The van der Waals surface area contributed by atoms with E-state index in [4.69, 9.17) is 0 Å². The van der Waals surface area contributed by atoms with Gasteiger partial charge in [0.15, 0.2) is 5.78 Å². The number of Topliss-reactive ketones (excluding diaryl/α,β-unsaturated/α-hetero) is 1. The van der Waals surface area contributed by atoms with E-state index in [9.17, 15) is 14.4 Å². The van der Waals surface area contributed by atoms with Gasteiger partial charge in [-0.2, -0.15) is 0 Å². The molecule has 27 heavy (non-hydrogen) atoms. The molecule has 2 amide bonds. The van der Waals surface area contributed by atoms with Crippen molar-refractivity contribution >= 4 is 23.3 Å². The molecule has 0 bridgehead atoms. The topological polar surface area (TPSA) is 82.3 Å². The lowest BCUT2D eigenvalue weighted by Gasteiger charge is -2.32. The average Bonchev–Trinajstić information content (AvgIpc) is 2.96. The number of H-pyrrole nitrogens is 1. The van der Waals surface area contributed by atoms with E-state index >= 15 is 0 Å². The van der Waals surface area contributed by atoms with Crippen LogP contribution in [0, 0.1) is 19.8 Å². The molecule has 2 heterocycles. The molecule has 0 aliphatic carbocycles. The van der Waals surface area contributed by atoms with E-state index in [1.807, 2.05) is 30.3 Å². The first-order chi connectivity index (χ1) is 12.9.